The highest BCUT2D eigenvalue weighted by atomic mass is 15.1. The molecule has 0 aromatic carbocycles. The minimum Gasteiger partial charge on any atom is -0.303 e. The Hall–Kier alpha value is -0.300. The molecule has 0 amide bonds. The van der Waals surface area contributed by atoms with Crippen molar-refractivity contribution in [3.8, 4) is 0 Å². The second kappa shape index (κ2) is 7.14. The smallest absolute Gasteiger partial charge is 0.00159 e. The van der Waals surface area contributed by atoms with Crippen LogP contribution in [-0.2, 0) is 0 Å². The van der Waals surface area contributed by atoms with E-state index < -0.39 is 0 Å². The van der Waals surface area contributed by atoms with Gasteiger partial charge >= 0.3 is 0 Å². The normalized spacial score (nSPS) is 19.8. The van der Waals surface area contributed by atoms with Gasteiger partial charge in [-0.1, -0.05) is 31.9 Å². The molecule has 1 nitrogen and oxygen atoms in total. The van der Waals surface area contributed by atoms with E-state index in [9.17, 15) is 0 Å². The third-order valence-electron chi connectivity index (χ3n) is 2.68. The van der Waals surface area contributed by atoms with Gasteiger partial charge in [-0.3, -0.25) is 0 Å². The highest BCUT2D eigenvalue weighted by Crippen LogP contribution is 2.08. The summed E-state index contributed by atoms with van der Waals surface area (Å²) >= 11 is 0. The third kappa shape index (κ3) is 5.09. The molecule has 0 radical (unpaired) electrons. The fraction of sp³-hybridized carbons (Fsp3) is 0.833. The molecule has 1 rings (SSSR count). The fourth-order valence-corrected chi connectivity index (χ4v) is 1.84. The standard InChI is InChI=1S/C12H23N/c1-2-3-4-5-7-10-13-11-8-6-9-12-13/h4-5H,2-3,6-12H2,1H3. The number of hydrogen-bond donors (Lipinski definition) is 0. The zero-order valence-corrected chi connectivity index (χ0v) is 8.97. The first kappa shape index (κ1) is 10.8. The Morgan fingerprint density at radius 3 is 2.38 bits per heavy atom. The van der Waals surface area contributed by atoms with Crippen LogP contribution in [0.25, 0.3) is 0 Å². The average molecular weight is 181 g/mol. The van der Waals surface area contributed by atoms with Crippen LogP contribution in [0.15, 0.2) is 12.2 Å². The number of hydrogen-bond acceptors (Lipinski definition) is 1. The molecule has 0 atom stereocenters. The SMILES string of the molecule is CCCC=CCCN1CCCCC1. The van der Waals surface area contributed by atoms with Gasteiger partial charge in [0.05, 0.1) is 0 Å². The molecule has 1 heteroatoms. The maximum atomic E-state index is 2.60. The van der Waals surface area contributed by atoms with Crippen molar-refractivity contribution < 1.29 is 0 Å². The number of allylic oxidation sites excluding steroid dienone is 1. The van der Waals surface area contributed by atoms with Gasteiger partial charge in [0, 0.05) is 6.54 Å². The summed E-state index contributed by atoms with van der Waals surface area (Å²) in [6, 6.07) is 0. The molecule has 0 aromatic heterocycles. The van der Waals surface area contributed by atoms with Gasteiger partial charge in [-0.15, -0.1) is 0 Å². The summed E-state index contributed by atoms with van der Waals surface area (Å²) in [6.45, 7) is 6.18. The molecule has 0 aliphatic carbocycles. The van der Waals surface area contributed by atoms with E-state index in [0.717, 1.165) is 0 Å². The Morgan fingerprint density at radius 1 is 1.00 bits per heavy atom. The van der Waals surface area contributed by atoms with Crippen LogP contribution < -0.4 is 0 Å². The largest absolute Gasteiger partial charge is 0.303 e. The van der Waals surface area contributed by atoms with Crippen molar-refractivity contribution in [2.75, 3.05) is 19.6 Å². The molecule has 13 heavy (non-hydrogen) atoms. The Kier molecular flexibility index (Phi) is 5.92. The minimum absolute atomic E-state index is 1.25. The Labute approximate surface area is 82.8 Å². The molecule has 1 fully saturated rings. The zero-order chi connectivity index (χ0) is 9.36. The maximum absolute atomic E-state index is 2.60. The van der Waals surface area contributed by atoms with Crippen LogP contribution in [0.1, 0.15) is 45.4 Å². The fourth-order valence-electron chi connectivity index (χ4n) is 1.84. The first-order valence-corrected chi connectivity index (χ1v) is 5.81. The lowest BCUT2D eigenvalue weighted by Gasteiger charge is -2.25. The number of nitrogens with zero attached hydrogens (tertiary/aromatic N) is 1. The second-order valence-corrected chi connectivity index (χ2v) is 3.95. The molecular weight excluding hydrogens is 158 g/mol. The zero-order valence-electron chi connectivity index (χ0n) is 8.97. The van der Waals surface area contributed by atoms with E-state index >= 15 is 0 Å². The molecule has 0 spiro atoms. The molecule has 1 heterocycles. The highest BCUT2D eigenvalue weighted by molar-refractivity contribution is 4.82. The van der Waals surface area contributed by atoms with Crippen molar-refractivity contribution in [3.63, 3.8) is 0 Å². The van der Waals surface area contributed by atoms with Crippen molar-refractivity contribution in [1.82, 2.24) is 4.90 Å². The van der Waals surface area contributed by atoms with Crippen molar-refractivity contribution in [1.29, 1.82) is 0 Å². The number of unbranched alkanes of at least 4 members (excludes halogenated alkanes) is 1. The molecule has 0 bridgehead atoms. The lowest BCUT2D eigenvalue weighted by Crippen LogP contribution is -2.30. The van der Waals surface area contributed by atoms with Gasteiger partial charge in [0.15, 0.2) is 0 Å². The van der Waals surface area contributed by atoms with Crippen molar-refractivity contribution in [2.24, 2.45) is 0 Å². The molecule has 0 N–H and O–H groups in total. The number of rotatable bonds is 5. The molecule has 1 aliphatic heterocycles. The summed E-state index contributed by atoms with van der Waals surface area (Å²) in [7, 11) is 0. The highest BCUT2D eigenvalue weighted by Gasteiger charge is 2.07. The van der Waals surface area contributed by atoms with E-state index in [4.69, 9.17) is 0 Å². The van der Waals surface area contributed by atoms with Gasteiger partial charge in [-0.25, -0.2) is 0 Å². The third-order valence-corrected chi connectivity index (χ3v) is 2.68. The first-order chi connectivity index (χ1) is 6.43. The van der Waals surface area contributed by atoms with Crippen LogP contribution in [-0.4, -0.2) is 24.5 Å². The van der Waals surface area contributed by atoms with Gasteiger partial charge in [0.1, 0.15) is 0 Å². The maximum Gasteiger partial charge on any atom is 0.00159 e. The van der Waals surface area contributed by atoms with Gasteiger partial charge in [0.25, 0.3) is 0 Å². The summed E-state index contributed by atoms with van der Waals surface area (Å²) in [5.74, 6) is 0. The van der Waals surface area contributed by atoms with Crippen molar-refractivity contribution in [3.05, 3.63) is 12.2 Å². The predicted octanol–water partition coefficient (Wildman–Crippen LogP) is 3.22. The van der Waals surface area contributed by atoms with Gasteiger partial charge in [0.2, 0.25) is 0 Å². The van der Waals surface area contributed by atoms with Gasteiger partial charge < -0.3 is 4.90 Å². The first-order valence-electron chi connectivity index (χ1n) is 5.81. The minimum atomic E-state index is 1.25. The quantitative estimate of drug-likeness (QED) is 0.589. The Bertz CT molecular complexity index is 134. The van der Waals surface area contributed by atoms with Crippen molar-refractivity contribution in [2.45, 2.75) is 45.4 Å². The van der Waals surface area contributed by atoms with E-state index in [1.54, 1.807) is 0 Å². The number of likely N-dealkylation sites (tertiary alicyclic amines) is 1. The molecule has 0 aromatic rings. The van der Waals surface area contributed by atoms with E-state index in [-0.39, 0.29) is 0 Å². The predicted molar refractivity (Wildman–Crippen MR) is 59.0 cm³/mol. The topological polar surface area (TPSA) is 3.24 Å². The monoisotopic (exact) mass is 181 g/mol. The van der Waals surface area contributed by atoms with Gasteiger partial charge in [-0.2, -0.15) is 0 Å². The Morgan fingerprint density at radius 2 is 1.69 bits per heavy atom. The number of piperidine rings is 1. The summed E-state index contributed by atoms with van der Waals surface area (Å²) in [6.07, 6.45) is 12.7. The lowest BCUT2D eigenvalue weighted by atomic mass is 10.1. The second-order valence-electron chi connectivity index (χ2n) is 3.95. The van der Waals surface area contributed by atoms with Crippen molar-refractivity contribution >= 4 is 0 Å². The van der Waals surface area contributed by atoms with E-state index in [1.165, 1.54) is 58.2 Å². The molecule has 76 valence electrons. The van der Waals surface area contributed by atoms with Crippen LogP contribution in [0.2, 0.25) is 0 Å². The van der Waals surface area contributed by atoms with Crippen LogP contribution >= 0.6 is 0 Å². The van der Waals surface area contributed by atoms with Crippen LogP contribution in [0.4, 0.5) is 0 Å². The summed E-state index contributed by atoms with van der Waals surface area (Å²) < 4.78 is 0. The van der Waals surface area contributed by atoms with E-state index in [0.29, 0.717) is 0 Å². The molecule has 1 saturated heterocycles. The molecular formula is C12H23N. The van der Waals surface area contributed by atoms with Gasteiger partial charge in [-0.05, 0) is 38.8 Å². The summed E-state index contributed by atoms with van der Waals surface area (Å²) in [4.78, 5) is 2.60. The van der Waals surface area contributed by atoms with E-state index in [2.05, 4.69) is 24.0 Å². The molecule has 0 unspecified atom stereocenters. The lowest BCUT2D eigenvalue weighted by molar-refractivity contribution is 0.233. The van der Waals surface area contributed by atoms with E-state index in [1.807, 2.05) is 0 Å². The summed E-state index contributed by atoms with van der Waals surface area (Å²) in [5.41, 5.74) is 0. The van der Waals surface area contributed by atoms with Crippen LogP contribution in [0.3, 0.4) is 0 Å². The summed E-state index contributed by atoms with van der Waals surface area (Å²) in [5, 5.41) is 0. The Balaban J connectivity index is 1.97. The average Bonchev–Trinajstić information content (AvgIpc) is 2.19. The van der Waals surface area contributed by atoms with Crippen LogP contribution in [0, 0.1) is 0 Å². The van der Waals surface area contributed by atoms with Crippen LogP contribution in [0.5, 0.6) is 0 Å². The molecule has 1 aliphatic rings. The molecule has 0 saturated carbocycles.